The first kappa shape index (κ1) is 16.5. The van der Waals surface area contributed by atoms with Crippen LogP contribution in [-0.4, -0.2) is 15.4 Å². The fraction of sp³-hybridized carbons (Fsp3) is 0.250. The Kier molecular flexibility index (Phi) is 4.64. The van der Waals surface area contributed by atoms with Crippen LogP contribution in [0, 0.1) is 10.1 Å². The second kappa shape index (κ2) is 7.04. The average Bonchev–Trinajstić information content (AvgIpc) is 3.20. The molecule has 0 saturated heterocycles. The number of carbonyl (C=O) groups is 1. The summed E-state index contributed by atoms with van der Waals surface area (Å²) in [4.78, 5) is 33.9. The summed E-state index contributed by atoms with van der Waals surface area (Å²) in [5.74, 6) is -0.105. The number of fused-ring (bicyclic) bond motifs is 1. The van der Waals surface area contributed by atoms with Gasteiger partial charge in [0.05, 0.1) is 29.3 Å². The number of carbonyl (C=O) groups excluding carboxylic acids is 1. The van der Waals surface area contributed by atoms with Gasteiger partial charge in [0.25, 0.3) is 5.69 Å². The normalized spacial score (nSPS) is 10.9. The minimum absolute atomic E-state index is 0.147. The molecule has 9 heteroatoms. The van der Waals surface area contributed by atoms with E-state index in [9.17, 15) is 19.7 Å². The summed E-state index contributed by atoms with van der Waals surface area (Å²) in [5.41, 5.74) is 0.471. The van der Waals surface area contributed by atoms with Crippen molar-refractivity contribution in [2.24, 2.45) is 0 Å². The number of hydrogen-bond acceptors (Lipinski definition) is 6. The van der Waals surface area contributed by atoms with Crippen LogP contribution in [-0.2, 0) is 17.9 Å². The van der Waals surface area contributed by atoms with Crippen LogP contribution in [0.1, 0.15) is 18.6 Å². The molecule has 3 rings (SSSR count). The van der Waals surface area contributed by atoms with Crippen molar-refractivity contribution in [3.05, 3.63) is 63.0 Å². The fourth-order valence-electron chi connectivity index (χ4n) is 2.47. The molecule has 0 bridgehead atoms. The third-order valence-corrected chi connectivity index (χ3v) is 3.69. The molecule has 1 aromatic carbocycles. The van der Waals surface area contributed by atoms with E-state index in [1.54, 1.807) is 12.1 Å². The summed E-state index contributed by atoms with van der Waals surface area (Å²) in [6, 6.07) is 7.49. The molecule has 1 amide bonds. The second-order valence-electron chi connectivity index (χ2n) is 5.39. The predicted octanol–water partition coefficient (Wildman–Crippen LogP) is 2.19. The van der Waals surface area contributed by atoms with Crippen molar-refractivity contribution < 1.29 is 18.6 Å². The second-order valence-corrected chi connectivity index (χ2v) is 5.39. The Balaban J connectivity index is 1.59. The lowest BCUT2D eigenvalue weighted by Crippen LogP contribution is -2.23. The molecule has 0 radical (unpaired) electrons. The molecule has 130 valence electrons. The maximum Gasteiger partial charge on any atom is 0.419 e. The van der Waals surface area contributed by atoms with E-state index < -0.39 is 10.7 Å². The largest absolute Gasteiger partial charge is 0.467 e. The molecule has 2 aromatic heterocycles. The Morgan fingerprint density at radius 2 is 2.16 bits per heavy atom. The number of hydrogen-bond donors (Lipinski definition) is 1. The van der Waals surface area contributed by atoms with Crippen LogP contribution in [0.2, 0.25) is 0 Å². The van der Waals surface area contributed by atoms with Crippen molar-refractivity contribution in [2.75, 3.05) is 0 Å². The van der Waals surface area contributed by atoms with Gasteiger partial charge in [0, 0.05) is 19.0 Å². The molecule has 0 spiro atoms. The molecular formula is C16H15N3O6. The number of rotatable bonds is 7. The Morgan fingerprint density at radius 3 is 2.88 bits per heavy atom. The van der Waals surface area contributed by atoms with E-state index >= 15 is 0 Å². The van der Waals surface area contributed by atoms with E-state index in [1.807, 2.05) is 0 Å². The van der Waals surface area contributed by atoms with Crippen molar-refractivity contribution in [1.82, 2.24) is 9.88 Å². The lowest BCUT2D eigenvalue weighted by molar-refractivity contribution is -0.384. The number of oxazole rings is 1. The van der Waals surface area contributed by atoms with Crippen LogP contribution in [0.15, 0.2) is 50.2 Å². The van der Waals surface area contributed by atoms with Crippen LogP contribution in [0.25, 0.3) is 11.1 Å². The van der Waals surface area contributed by atoms with Crippen LogP contribution >= 0.6 is 0 Å². The summed E-state index contributed by atoms with van der Waals surface area (Å²) < 4.78 is 11.5. The van der Waals surface area contributed by atoms with Gasteiger partial charge in [0.2, 0.25) is 5.91 Å². The van der Waals surface area contributed by atoms with Crippen molar-refractivity contribution in [3.63, 3.8) is 0 Å². The van der Waals surface area contributed by atoms with Gasteiger partial charge in [-0.2, -0.15) is 0 Å². The number of nitrogens with one attached hydrogen (secondary N) is 1. The van der Waals surface area contributed by atoms with Gasteiger partial charge in [-0.1, -0.05) is 0 Å². The molecule has 9 nitrogen and oxygen atoms in total. The Hall–Kier alpha value is -3.36. The lowest BCUT2D eigenvalue weighted by atomic mass is 10.2. The van der Waals surface area contributed by atoms with Crippen LogP contribution in [0.4, 0.5) is 5.69 Å². The SMILES string of the molecule is O=C(CCCn1c(=O)oc2cc([N+](=O)[O-])ccc21)NCc1ccco1. The number of amides is 1. The van der Waals surface area contributed by atoms with E-state index in [-0.39, 0.29) is 30.1 Å². The summed E-state index contributed by atoms with van der Waals surface area (Å²) >= 11 is 0. The van der Waals surface area contributed by atoms with Crippen molar-refractivity contribution in [1.29, 1.82) is 0 Å². The number of aryl methyl sites for hydroxylation is 1. The van der Waals surface area contributed by atoms with Gasteiger partial charge >= 0.3 is 5.76 Å². The zero-order valence-electron chi connectivity index (χ0n) is 13.1. The van der Waals surface area contributed by atoms with Crippen LogP contribution in [0.5, 0.6) is 0 Å². The molecule has 25 heavy (non-hydrogen) atoms. The van der Waals surface area contributed by atoms with Crippen LogP contribution in [0.3, 0.4) is 0 Å². The van der Waals surface area contributed by atoms with Gasteiger partial charge in [0.1, 0.15) is 5.76 Å². The minimum Gasteiger partial charge on any atom is -0.467 e. The number of nitrogens with zero attached hydrogens (tertiary/aromatic N) is 2. The predicted molar refractivity (Wildman–Crippen MR) is 86.9 cm³/mol. The van der Waals surface area contributed by atoms with Gasteiger partial charge in [-0.25, -0.2) is 4.79 Å². The first-order valence-electron chi connectivity index (χ1n) is 7.61. The van der Waals surface area contributed by atoms with Gasteiger partial charge in [-0.15, -0.1) is 0 Å². The Labute approximate surface area is 141 Å². The third-order valence-electron chi connectivity index (χ3n) is 3.69. The van der Waals surface area contributed by atoms with Crippen molar-refractivity contribution in [2.45, 2.75) is 25.9 Å². The molecular weight excluding hydrogens is 330 g/mol. The molecule has 1 N–H and O–H groups in total. The molecule has 0 atom stereocenters. The van der Waals surface area contributed by atoms with E-state index in [0.717, 1.165) is 0 Å². The Bertz CT molecular complexity index is 954. The minimum atomic E-state index is -0.605. The molecule has 0 aliphatic rings. The number of benzene rings is 1. The van der Waals surface area contributed by atoms with E-state index in [0.29, 0.717) is 24.2 Å². The smallest absolute Gasteiger partial charge is 0.419 e. The maximum atomic E-state index is 11.9. The Morgan fingerprint density at radius 1 is 1.32 bits per heavy atom. The number of furan rings is 1. The zero-order valence-corrected chi connectivity index (χ0v) is 13.1. The molecule has 0 aliphatic carbocycles. The zero-order chi connectivity index (χ0) is 17.8. The molecule has 0 fully saturated rings. The summed E-state index contributed by atoms with van der Waals surface area (Å²) in [5, 5.41) is 13.5. The highest BCUT2D eigenvalue weighted by Crippen LogP contribution is 2.20. The maximum absolute atomic E-state index is 11.9. The summed E-state index contributed by atoms with van der Waals surface area (Å²) in [7, 11) is 0. The highest BCUT2D eigenvalue weighted by atomic mass is 16.6. The topological polar surface area (TPSA) is 121 Å². The highest BCUT2D eigenvalue weighted by Gasteiger charge is 2.14. The van der Waals surface area contributed by atoms with Gasteiger partial charge in [-0.3, -0.25) is 19.5 Å². The lowest BCUT2D eigenvalue weighted by Gasteiger charge is -2.04. The van der Waals surface area contributed by atoms with Gasteiger partial charge in [0.15, 0.2) is 5.58 Å². The highest BCUT2D eigenvalue weighted by molar-refractivity contribution is 5.76. The number of nitro groups is 1. The first-order valence-corrected chi connectivity index (χ1v) is 7.61. The quantitative estimate of drug-likeness (QED) is 0.517. The van der Waals surface area contributed by atoms with Crippen molar-refractivity contribution >= 4 is 22.7 Å². The number of aromatic nitrogens is 1. The summed E-state index contributed by atoms with van der Waals surface area (Å²) in [6.45, 7) is 0.585. The average molecular weight is 345 g/mol. The van der Waals surface area contributed by atoms with E-state index in [2.05, 4.69) is 5.32 Å². The standard InChI is InChI=1S/C16H15N3O6/c20-15(17-10-12-3-2-8-24-12)4-1-7-18-13-6-5-11(19(22)23)9-14(13)25-16(18)21/h2-3,5-6,8-9H,1,4,7,10H2,(H,17,20). The first-order chi connectivity index (χ1) is 12.0. The molecule has 0 aliphatic heterocycles. The van der Waals surface area contributed by atoms with Gasteiger partial charge < -0.3 is 14.2 Å². The van der Waals surface area contributed by atoms with Crippen molar-refractivity contribution in [3.8, 4) is 0 Å². The summed E-state index contributed by atoms with van der Waals surface area (Å²) in [6.07, 6.45) is 2.19. The number of nitro benzene ring substituents is 1. The monoisotopic (exact) mass is 345 g/mol. The van der Waals surface area contributed by atoms with Crippen LogP contribution < -0.4 is 11.1 Å². The molecule has 2 heterocycles. The van der Waals surface area contributed by atoms with E-state index in [1.165, 1.54) is 29.0 Å². The fourth-order valence-corrected chi connectivity index (χ4v) is 2.47. The van der Waals surface area contributed by atoms with Gasteiger partial charge in [-0.05, 0) is 24.6 Å². The third kappa shape index (κ3) is 3.77. The molecule has 0 unspecified atom stereocenters. The van der Waals surface area contributed by atoms with E-state index in [4.69, 9.17) is 8.83 Å². The molecule has 3 aromatic rings. The number of non-ortho nitro benzene ring substituents is 1. The molecule has 0 saturated carbocycles.